The summed E-state index contributed by atoms with van der Waals surface area (Å²) in [5.74, 6) is 1.50. The second-order valence-corrected chi connectivity index (χ2v) is 10.0. The van der Waals surface area contributed by atoms with Gasteiger partial charge in [-0.1, -0.05) is 74.5 Å². The van der Waals surface area contributed by atoms with Gasteiger partial charge in [0.15, 0.2) is 0 Å². The zero-order valence-electron chi connectivity index (χ0n) is 20.5. The number of rotatable bonds is 8. The van der Waals surface area contributed by atoms with E-state index in [4.69, 9.17) is 0 Å². The lowest BCUT2D eigenvalue weighted by molar-refractivity contribution is 0.0703. The van der Waals surface area contributed by atoms with E-state index in [1.54, 1.807) is 6.07 Å². The van der Waals surface area contributed by atoms with Crippen molar-refractivity contribution in [3.63, 3.8) is 0 Å². The van der Waals surface area contributed by atoms with Gasteiger partial charge in [-0.3, -0.25) is 9.69 Å². The molecule has 0 aromatic heterocycles. The smallest absolute Gasteiger partial charge is 0.253 e. The maximum atomic E-state index is 13.5. The minimum absolute atomic E-state index is 0.108. The highest BCUT2D eigenvalue weighted by atomic mass is 16.3. The summed E-state index contributed by atoms with van der Waals surface area (Å²) in [7, 11) is 0. The molecular formula is C30H36N2O2. The summed E-state index contributed by atoms with van der Waals surface area (Å²) in [6, 6.07) is 25.8. The number of benzene rings is 3. The third-order valence-electron chi connectivity index (χ3n) is 6.84. The van der Waals surface area contributed by atoms with Crippen molar-refractivity contribution < 1.29 is 9.90 Å². The van der Waals surface area contributed by atoms with Crippen molar-refractivity contribution >= 4 is 5.91 Å². The van der Waals surface area contributed by atoms with Crippen LogP contribution in [0, 0.1) is 18.8 Å². The first kappa shape index (κ1) is 24.0. The first-order valence-corrected chi connectivity index (χ1v) is 12.3. The number of nitrogens with zero attached hydrogens (tertiary/aromatic N) is 2. The summed E-state index contributed by atoms with van der Waals surface area (Å²) >= 11 is 0. The average molecular weight is 457 g/mol. The number of phenols is 1. The number of aryl methyl sites for hydroxylation is 1. The van der Waals surface area contributed by atoms with E-state index in [1.807, 2.05) is 48.5 Å². The Bertz CT molecular complexity index is 1100. The van der Waals surface area contributed by atoms with Crippen LogP contribution in [0.2, 0.25) is 0 Å². The zero-order valence-corrected chi connectivity index (χ0v) is 20.5. The van der Waals surface area contributed by atoms with Crippen LogP contribution in [0.4, 0.5) is 0 Å². The van der Waals surface area contributed by atoms with Gasteiger partial charge in [0.05, 0.1) is 0 Å². The molecule has 4 heteroatoms. The van der Waals surface area contributed by atoms with Crippen molar-refractivity contribution in [2.24, 2.45) is 11.8 Å². The Morgan fingerprint density at radius 3 is 2.35 bits per heavy atom. The molecule has 1 fully saturated rings. The Balaban J connectivity index is 1.60. The molecule has 4 rings (SSSR count). The summed E-state index contributed by atoms with van der Waals surface area (Å²) in [6.45, 7) is 10.5. The normalized spacial score (nSPS) is 18.4. The molecule has 1 aliphatic rings. The van der Waals surface area contributed by atoms with Crippen molar-refractivity contribution in [3.8, 4) is 5.75 Å². The number of carbonyl (C=O) groups is 1. The highest BCUT2D eigenvalue weighted by Crippen LogP contribution is 2.36. The van der Waals surface area contributed by atoms with E-state index in [1.165, 1.54) is 11.1 Å². The number of para-hydroxylation sites is 1. The topological polar surface area (TPSA) is 43.8 Å². The predicted molar refractivity (Wildman–Crippen MR) is 138 cm³/mol. The van der Waals surface area contributed by atoms with E-state index in [-0.39, 0.29) is 5.91 Å². The number of hydrogen-bond donors (Lipinski definition) is 1. The number of likely N-dealkylation sites (tertiary alicyclic amines) is 1. The van der Waals surface area contributed by atoms with Crippen LogP contribution in [0.25, 0.3) is 0 Å². The predicted octanol–water partition coefficient (Wildman–Crippen LogP) is 5.71. The lowest BCUT2D eigenvalue weighted by Gasteiger charge is -2.30. The van der Waals surface area contributed by atoms with Crippen LogP contribution >= 0.6 is 0 Å². The van der Waals surface area contributed by atoms with Gasteiger partial charge < -0.3 is 10.0 Å². The number of aromatic hydroxyl groups is 1. The van der Waals surface area contributed by atoms with Gasteiger partial charge in [-0.2, -0.15) is 0 Å². The van der Waals surface area contributed by atoms with Crippen LogP contribution in [0.1, 0.15) is 46.8 Å². The summed E-state index contributed by atoms with van der Waals surface area (Å²) in [4.78, 5) is 18.0. The van der Waals surface area contributed by atoms with Crippen LogP contribution in [-0.2, 0) is 6.54 Å². The number of carbonyl (C=O) groups excluding carboxylic acids is 1. The summed E-state index contributed by atoms with van der Waals surface area (Å²) < 4.78 is 0. The van der Waals surface area contributed by atoms with Gasteiger partial charge in [0, 0.05) is 49.8 Å². The molecule has 0 radical (unpaired) electrons. The third kappa shape index (κ3) is 5.68. The standard InChI is InChI=1S/C30H36N2O2/c1-22(2)17-32(30(34)24-12-5-4-6-13-24)20-26-19-31(18-25-14-8-10-16-29(25)33)21-28(26)27-15-9-7-11-23(27)3/h4-16,22,26,28,33H,17-21H2,1-3H3. The lowest BCUT2D eigenvalue weighted by Crippen LogP contribution is -2.39. The summed E-state index contributed by atoms with van der Waals surface area (Å²) in [5.41, 5.74) is 4.36. The van der Waals surface area contributed by atoms with E-state index in [0.717, 1.165) is 37.3 Å². The Morgan fingerprint density at radius 2 is 1.65 bits per heavy atom. The molecule has 1 N–H and O–H groups in total. The van der Waals surface area contributed by atoms with E-state index in [0.29, 0.717) is 30.0 Å². The molecule has 3 aromatic rings. The molecule has 2 atom stereocenters. The van der Waals surface area contributed by atoms with Crippen LogP contribution in [-0.4, -0.2) is 47.0 Å². The highest BCUT2D eigenvalue weighted by molar-refractivity contribution is 5.94. The van der Waals surface area contributed by atoms with Gasteiger partial charge in [0.1, 0.15) is 5.75 Å². The number of phenolic OH excluding ortho intramolecular Hbond substituents is 1. The molecule has 0 bridgehead atoms. The van der Waals surface area contributed by atoms with Gasteiger partial charge in [-0.05, 0) is 48.1 Å². The largest absolute Gasteiger partial charge is 0.508 e. The molecule has 2 unspecified atom stereocenters. The first-order valence-electron chi connectivity index (χ1n) is 12.3. The van der Waals surface area contributed by atoms with Crippen molar-refractivity contribution in [1.82, 2.24) is 9.80 Å². The monoisotopic (exact) mass is 456 g/mol. The molecule has 1 saturated heterocycles. The Labute approximate surface area is 203 Å². The maximum Gasteiger partial charge on any atom is 0.253 e. The zero-order chi connectivity index (χ0) is 24.1. The van der Waals surface area contributed by atoms with Crippen molar-refractivity contribution in [2.75, 3.05) is 26.2 Å². The molecule has 1 aliphatic heterocycles. The van der Waals surface area contributed by atoms with Crippen LogP contribution in [0.15, 0.2) is 78.9 Å². The molecule has 3 aromatic carbocycles. The molecule has 4 nitrogen and oxygen atoms in total. The fraction of sp³-hybridized carbons (Fsp3) is 0.367. The van der Waals surface area contributed by atoms with Gasteiger partial charge >= 0.3 is 0 Å². The van der Waals surface area contributed by atoms with Gasteiger partial charge in [0.25, 0.3) is 5.91 Å². The Hall–Kier alpha value is -3.11. The molecule has 34 heavy (non-hydrogen) atoms. The lowest BCUT2D eigenvalue weighted by atomic mass is 9.86. The first-order chi connectivity index (χ1) is 16.4. The van der Waals surface area contributed by atoms with Crippen LogP contribution in [0.3, 0.4) is 0 Å². The molecule has 0 aliphatic carbocycles. The molecule has 0 saturated carbocycles. The molecule has 1 amide bonds. The van der Waals surface area contributed by atoms with Crippen molar-refractivity contribution in [3.05, 3.63) is 101 Å². The molecule has 178 valence electrons. The number of amides is 1. The van der Waals surface area contributed by atoms with Crippen molar-refractivity contribution in [2.45, 2.75) is 33.2 Å². The minimum atomic E-state index is 0.108. The Kier molecular flexibility index (Phi) is 7.69. The molecular weight excluding hydrogens is 420 g/mol. The van der Waals surface area contributed by atoms with E-state index < -0.39 is 0 Å². The maximum absolute atomic E-state index is 13.5. The second kappa shape index (κ2) is 10.9. The molecule has 1 heterocycles. The fourth-order valence-electron chi connectivity index (χ4n) is 5.24. The quantitative estimate of drug-likeness (QED) is 0.472. The average Bonchev–Trinajstić information content (AvgIpc) is 3.22. The summed E-state index contributed by atoms with van der Waals surface area (Å²) in [5, 5.41) is 10.3. The van der Waals surface area contributed by atoms with Gasteiger partial charge in [-0.25, -0.2) is 0 Å². The minimum Gasteiger partial charge on any atom is -0.508 e. The van der Waals surface area contributed by atoms with Gasteiger partial charge in [0.2, 0.25) is 0 Å². The second-order valence-electron chi connectivity index (χ2n) is 10.0. The van der Waals surface area contributed by atoms with Crippen LogP contribution < -0.4 is 0 Å². The van der Waals surface area contributed by atoms with E-state index in [9.17, 15) is 9.90 Å². The highest BCUT2D eigenvalue weighted by Gasteiger charge is 2.36. The van der Waals surface area contributed by atoms with Crippen LogP contribution in [0.5, 0.6) is 5.75 Å². The van der Waals surface area contributed by atoms with E-state index >= 15 is 0 Å². The summed E-state index contributed by atoms with van der Waals surface area (Å²) in [6.07, 6.45) is 0. The number of hydrogen-bond acceptors (Lipinski definition) is 3. The molecule has 0 spiro atoms. The SMILES string of the molecule is Cc1ccccc1C1CN(Cc2ccccc2O)CC1CN(CC(C)C)C(=O)c1ccccc1. The van der Waals surface area contributed by atoms with Gasteiger partial charge in [-0.15, -0.1) is 0 Å². The van der Waals surface area contributed by atoms with Crippen molar-refractivity contribution in [1.29, 1.82) is 0 Å². The van der Waals surface area contributed by atoms with E-state index in [2.05, 4.69) is 54.8 Å². The third-order valence-corrected chi connectivity index (χ3v) is 6.84. The fourth-order valence-corrected chi connectivity index (χ4v) is 5.24. The Morgan fingerprint density at radius 1 is 0.971 bits per heavy atom.